The van der Waals surface area contributed by atoms with Gasteiger partial charge in [-0.1, -0.05) is 18.2 Å². The molecule has 3 N–H and O–H groups in total. The first-order valence-corrected chi connectivity index (χ1v) is 9.83. The van der Waals surface area contributed by atoms with E-state index < -0.39 is 0 Å². The summed E-state index contributed by atoms with van der Waals surface area (Å²) < 4.78 is 1.74. The van der Waals surface area contributed by atoms with Gasteiger partial charge in [0.1, 0.15) is 11.3 Å². The third-order valence-electron chi connectivity index (χ3n) is 4.93. The molecule has 0 fully saturated rings. The summed E-state index contributed by atoms with van der Waals surface area (Å²) in [5.41, 5.74) is 4.21. The number of carbonyl (C=O) groups is 2. The summed E-state index contributed by atoms with van der Waals surface area (Å²) in [6, 6.07) is 14.2. The highest BCUT2D eigenvalue weighted by atomic mass is 16.2. The van der Waals surface area contributed by atoms with Gasteiger partial charge in [0, 0.05) is 18.1 Å². The molecule has 8 heteroatoms. The van der Waals surface area contributed by atoms with Crippen molar-refractivity contribution in [2.75, 3.05) is 10.6 Å². The first kappa shape index (κ1) is 20.1. The van der Waals surface area contributed by atoms with Crippen molar-refractivity contribution in [2.24, 2.45) is 0 Å². The predicted octanol–water partition coefficient (Wildman–Crippen LogP) is 4.17. The molecule has 156 valence electrons. The van der Waals surface area contributed by atoms with Gasteiger partial charge in [-0.25, -0.2) is 9.78 Å². The van der Waals surface area contributed by atoms with Crippen molar-refractivity contribution in [1.82, 2.24) is 19.7 Å². The molecule has 3 aromatic heterocycles. The van der Waals surface area contributed by atoms with E-state index in [1.807, 2.05) is 50.2 Å². The smallest absolute Gasteiger partial charge is 0.319 e. The van der Waals surface area contributed by atoms with E-state index in [1.165, 1.54) is 0 Å². The van der Waals surface area contributed by atoms with Crippen molar-refractivity contribution < 1.29 is 9.59 Å². The summed E-state index contributed by atoms with van der Waals surface area (Å²) >= 11 is 0. The zero-order chi connectivity index (χ0) is 21.8. The van der Waals surface area contributed by atoms with Crippen LogP contribution in [0.2, 0.25) is 0 Å². The zero-order valence-electron chi connectivity index (χ0n) is 17.2. The lowest BCUT2D eigenvalue weighted by molar-refractivity contribution is 0.102. The van der Waals surface area contributed by atoms with Crippen LogP contribution in [0.4, 0.5) is 16.2 Å². The van der Waals surface area contributed by atoms with Gasteiger partial charge in [0.15, 0.2) is 0 Å². The second kappa shape index (κ2) is 8.66. The molecular formula is C23H22N6O2. The Morgan fingerprint density at radius 3 is 2.71 bits per heavy atom. The minimum Gasteiger partial charge on any atom is -0.331 e. The van der Waals surface area contributed by atoms with E-state index >= 15 is 0 Å². The van der Waals surface area contributed by atoms with Crippen LogP contribution < -0.4 is 16.0 Å². The molecule has 0 aliphatic rings. The van der Waals surface area contributed by atoms with Gasteiger partial charge in [-0.05, 0) is 55.3 Å². The number of urea groups is 1. The fraction of sp³-hybridized carbons (Fsp3) is 0.130. The number of imidazole rings is 1. The molecule has 3 amide bonds. The van der Waals surface area contributed by atoms with Crippen LogP contribution in [0.5, 0.6) is 0 Å². The Balaban J connectivity index is 1.47. The van der Waals surface area contributed by atoms with E-state index in [1.54, 1.807) is 41.3 Å². The number of carbonyl (C=O) groups excluding carboxylic acids is 2. The summed E-state index contributed by atoms with van der Waals surface area (Å²) in [4.78, 5) is 33.4. The Morgan fingerprint density at radius 2 is 1.90 bits per heavy atom. The van der Waals surface area contributed by atoms with Crippen LogP contribution in [0.15, 0.2) is 73.3 Å². The van der Waals surface area contributed by atoms with Gasteiger partial charge >= 0.3 is 6.03 Å². The highest BCUT2D eigenvalue weighted by Gasteiger charge is 2.15. The lowest BCUT2D eigenvalue weighted by Gasteiger charge is -2.17. The maximum absolute atomic E-state index is 12.8. The second-order valence-corrected chi connectivity index (χ2v) is 7.16. The Kier molecular flexibility index (Phi) is 5.61. The highest BCUT2D eigenvalue weighted by molar-refractivity contribution is 6.04. The fourth-order valence-corrected chi connectivity index (χ4v) is 3.21. The average molecular weight is 414 g/mol. The summed E-state index contributed by atoms with van der Waals surface area (Å²) in [7, 11) is 0. The molecule has 0 radical (unpaired) electrons. The number of aromatic nitrogens is 3. The number of rotatable bonds is 5. The molecule has 0 spiro atoms. The molecule has 0 saturated carbocycles. The second-order valence-electron chi connectivity index (χ2n) is 7.16. The number of nitrogens with zero attached hydrogens (tertiary/aromatic N) is 3. The summed E-state index contributed by atoms with van der Waals surface area (Å²) in [5.74, 6) is -0.256. The number of hydrogen-bond donors (Lipinski definition) is 3. The van der Waals surface area contributed by atoms with Gasteiger partial charge in [-0.3, -0.25) is 14.2 Å². The zero-order valence-corrected chi connectivity index (χ0v) is 17.2. The van der Waals surface area contributed by atoms with Gasteiger partial charge < -0.3 is 16.0 Å². The van der Waals surface area contributed by atoms with Gasteiger partial charge in [0.25, 0.3) is 5.91 Å². The van der Waals surface area contributed by atoms with Gasteiger partial charge in [-0.15, -0.1) is 0 Å². The van der Waals surface area contributed by atoms with E-state index in [9.17, 15) is 9.59 Å². The SMILES string of the molecule is Cc1ccc([C@H](C)NC(=O)Nc2cccnc2)cc1NC(=O)c1cnc2ccccn12. The normalized spacial score (nSPS) is 11.7. The maximum atomic E-state index is 12.8. The molecule has 0 bridgehead atoms. The number of anilines is 2. The Labute approximate surface area is 179 Å². The molecule has 1 aromatic carbocycles. The highest BCUT2D eigenvalue weighted by Crippen LogP contribution is 2.22. The van der Waals surface area contributed by atoms with Crippen molar-refractivity contribution in [3.05, 3.63) is 90.1 Å². The van der Waals surface area contributed by atoms with E-state index in [2.05, 4.69) is 25.9 Å². The van der Waals surface area contributed by atoms with Gasteiger partial charge in [-0.2, -0.15) is 0 Å². The Hall–Kier alpha value is -4.20. The van der Waals surface area contributed by atoms with Crippen LogP contribution in [-0.4, -0.2) is 26.3 Å². The standard InChI is InChI=1S/C23H22N6O2/c1-15-8-9-17(16(2)26-23(31)27-18-6-5-10-24-13-18)12-19(15)28-22(30)20-14-25-21-7-3-4-11-29(20)21/h3-14,16H,1-2H3,(H,28,30)(H2,26,27,31)/t16-/m0/s1. The molecule has 4 aromatic rings. The first-order valence-electron chi connectivity index (χ1n) is 9.83. The number of aryl methyl sites for hydroxylation is 1. The monoisotopic (exact) mass is 414 g/mol. The first-order chi connectivity index (χ1) is 15.0. The largest absolute Gasteiger partial charge is 0.331 e. The van der Waals surface area contributed by atoms with Gasteiger partial charge in [0.05, 0.1) is 24.1 Å². The molecule has 31 heavy (non-hydrogen) atoms. The number of benzene rings is 1. The quantitative estimate of drug-likeness (QED) is 0.456. The van der Waals surface area contributed by atoms with Crippen molar-refractivity contribution >= 4 is 29.0 Å². The minimum atomic E-state index is -0.336. The minimum absolute atomic E-state index is 0.256. The van der Waals surface area contributed by atoms with Crippen LogP contribution in [-0.2, 0) is 0 Å². The maximum Gasteiger partial charge on any atom is 0.319 e. The molecule has 0 aliphatic carbocycles. The third-order valence-corrected chi connectivity index (χ3v) is 4.93. The molecule has 0 saturated heterocycles. The topological polar surface area (TPSA) is 100 Å². The number of hydrogen-bond acceptors (Lipinski definition) is 4. The lowest BCUT2D eigenvalue weighted by atomic mass is 10.0. The van der Waals surface area contributed by atoms with E-state index in [0.717, 1.165) is 11.1 Å². The Bertz CT molecular complexity index is 1240. The van der Waals surface area contributed by atoms with Crippen molar-refractivity contribution in [1.29, 1.82) is 0 Å². The van der Waals surface area contributed by atoms with Crippen LogP contribution in [0.1, 0.15) is 34.6 Å². The number of pyridine rings is 2. The Morgan fingerprint density at radius 1 is 1.03 bits per heavy atom. The summed E-state index contributed by atoms with van der Waals surface area (Å²) in [5, 5.41) is 8.59. The summed E-state index contributed by atoms with van der Waals surface area (Å²) in [6.45, 7) is 3.80. The van der Waals surface area contributed by atoms with Crippen molar-refractivity contribution in [3.8, 4) is 0 Å². The van der Waals surface area contributed by atoms with E-state index in [4.69, 9.17) is 0 Å². The molecule has 8 nitrogen and oxygen atoms in total. The van der Waals surface area contributed by atoms with Crippen LogP contribution >= 0.6 is 0 Å². The summed E-state index contributed by atoms with van der Waals surface area (Å²) in [6.07, 6.45) is 6.56. The van der Waals surface area contributed by atoms with E-state index in [0.29, 0.717) is 22.7 Å². The molecule has 4 rings (SSSR count). The molecular weight excluding hydrogens is 392 g/mol. The number of nitrogens with one attached hydrogen (secondary N) is 3. The number of fused-ring (bicyclic) bond motifs is 1. The predicted molar refractivity (Wildman–Crippen MR) is 119 cm³/mol. The fourth-order valence-electron chi connectivity index (χ4n) is 3.21. The molecule has 0 unspecified atom stereocenters. The van der Waals surface area contributed by atoms with Gasteiger partial charge in [0.2, 0.25) is 0 Å². The molecule has 1 atom stereocenters. The average Bonchev–Trinajstić information content (AvgIpc) is 3.20. The lowest BCUT2D eigenvalue weighted by Crippen LogP contribution is -2.31. The molecule has 0 aliphatic heterocycles. The third kappa shape index (κ3) is 4.53. The van der Waals surface area contributed by atoms with Crippen molar-refractivity contribution in [2.45, 2.75) is 19.9 Å². The molecule has 3 heterocycles. The van der Waals surface area contributed by atoms with Crippen molar-refractivity contribution in [3.63, 3.8) is 0 Å². The van der Waals surface area contributed by atoms with Crippen LogP contribution in [0.3, 0.4) is 0 Å². The van der Waals surface area contributed by atoms with E-state index in [-0.39, 0.29) is 18.0 Å². The van der Waals surface area contributed by atoms with Crippen LogP contribution in [0.25, 0.3) is 5.65 Å². The van der Waals surface area contributed by atoms with Crippen LogP contribution in [0, 0.1) is 6.92 Å². The number of amides is 3.